The summed E-state index contributed by atoms with van der Waals surface area (Å²) < 4.78 is 11.7. The molecule has 0 saturated carbocycles. The van der Waals surface area contributed by atoms with Crippen LogP contribution in [-0.2, 0) is 4.74 Å². The van der Waals surface area contributed by atoms with Crippen LogP contribution in [0.1, 0.15) is 6.92 Å². The van der Waals surface area contributed by atoms with Gasteiger partial charge in [0.25, 0.3) is 0 Å². The summed E-state index contributed by atoms with van der Waals surface area (Å²) in [5, 5.41) is 7.06. The van der Waals surface area contributed by atoms with Crippen LogP contribution < -0.4 is 10.1 Å². The SMILES string of the molecule is CCOC(=O)Nc1cn2nc(-c3cccc(OC)c3)ccc2n1. The van der Waals surface area contributed by atoms with E-state index in [9.17, 15) is 4.79 Å². The second-order valence-electron chi connectivity index (χ2n) is 4.72. The molecule has 2 heterocycles. The van der Waals surface area contributed by atoms with Crippen LogP contribution in [0.25, 0.3) is 16.9 Å². The summed E-state index contributed by atoms with van der Waals surface area (Å²) in [6, 6.07) is 11.3. The number of carbonyl (C=O) groups is 1. The van der Waals surface area contributed by atoms with Crippen molar-refractivity contribution < 1.29 is 14.3 Å². The normalized spacial score (nSPS) is 10.5. The van der Waals surface area contributed by atoms with Gasteiger partial charge in [-0.05, 0) is 31.2 Å². The average molecular weight is 312 g/mol. The lowest BCUT2D eigenvalue weighted by Gasteiger charge is -2.04. The Balaban J connectivity index is 1.91. The van der Waals surface area contributed by atoms with Crippen LogP contribution in [0.4, 0.5) is 10.6 Å². The van der Waals surface area contributed by atoms with Crippen molar-refractivity contribution in [1.29, 1.82) is 0 Å². The molecule has 7 nitrogen and oxygen atoms in total. The summed E-state index contributed by atoms with van der Waals surface area (Å²) in [7, 11) is 1.62. The first-order valence-corrected chi connectivity index (χ1v) is 7.14. The number of fused-ring (bicyclic) bond motifs is 1. The first-order chi connectivity index (χ1) is 11.2. The minimum Gasteiger partial charge on any atom is -0.497 e. The summed E-state index contributed by atoms with van der Waals surface area (Å²) in [5.74, 6) is 1.15. The maximum absolute atomic E-state index is 11.4. The third-order valence-corrected chi connectivity index (χ3v) is 3.19. The summed E-state index contributed by atoms with van der Waals surface area (Å²) in [6.45, 7) is 2.04. The Morgan fingerprint density at radius 2 is 2.17 bits per heavy atom. The highest BCUT2D eigenvalue weighted by Crippen LogP contribution is 2.22. The van der Waals surface area contributed by atoms with E-state index in [1.807, 2.05) is 36.4 Å². The van der Waals surface area contributed by atoms with Crippen LogP contribution in [0, 0.1) is 0 Å². The van der Waals surface area contributed by atoms with Gasteiger partial charge in [-0.25, -0.2) is 14.3 Å². The van der Waals surface area contributed by atoms with Crippen molar-refractivity contribution in [3.8, 4) is 17.0 Å². The molecule has 0 radical (unpaired) electrons. The number of nitrogens with one attached hydrogen (secondary N) is 1. The Morgan fingerprint density at radius 1 is 1.30 bits per heavy atom. The van der Waals surface area contributed by atoms with Gasteiger partial charge < -0.3 is 9.47 Å². The largest absolute Gasteiger partial charge is 0.497 e. The molecule has 3 aromatic rings. The minimum absolute atomic E-state index is 0.303. The molecule has 7 heteroatoms. The number of anilines is 1. The molecular weight excluding hydrogens is 296 g/mol. The molecule has 0 unspecified atom stereocenters. The number of rotatable bonds is 4. The van der Waals surface area contributed by atoms with Gasteiger partial charge in [0.05, 0.1) is 25.6 Å². The van der Waals surface area contributed by atoms with Crippen LogP contribution in [0.5, 0.6) is 5.75 Å². The van der Waals surface area contributed by atoms with Crippen molar-refractivity contribution in [2.24, 2.45) is 0 Å². The fourth-order valence-corrected chi connectivity index (χ4v) is 2.15. The number of amides is 1. The van der Waals surface area contributed by atoms with Crippen molar-refractivity contribution in [2.45, 2.75) is 6.92 Å². The van der Waals surface area contributed by atoms with Crippen LogP contribution in [0.15, 0.2) is 42.6 Å². The first kappa shape index (κ1) is 14.8. The number of methoxy groups -OCH3 is 1. The van der Waals surface area contributed by atoms with E-state index in [2.05, 4.69) is 15.4 Å². The number of ether oxygens (including phenoxy) is 2. The Bertz CT molecular complexity index is 844. The molecule has 118 valence electrons. The summed E-state index contributed by atoms with van der Waals surface area (Å²) in [6.07, 6.45) is 1.10. The molecule has 0 saturated heterocycles. The quantitative estimate of drug-likeness (QED) is 0.801. The van der Waals surface area contributed by atoms with Crippen LogP contribution in [0.3, 0.4) is 0 Å². The van der Waals surface area contributed by atoms with Crippen molar-refractivity contribution in [3.05, 3.63) is 42.6 Å². The lowest BCUT2D eigenvalue weighted by Crippen LogP contribution is -2.13. The molecule has 1 N–H and O–H groups in total. The van der Waals surface area contributed by atoms with Crippen LogP contribution in [-0.4, -0.2) is 34.4 Å². The van der Waals surface area contributed by atoms with Gasteiger partial charge in [0.15, 0.2) is 11.5 Å². The van der Waals surface area contributed by atoms with Gasteiger partial charge >= 0.3 is 6.09 Å². The minimum atomic E-state index is -0.538. The molecule has 0 atom stereocenters. The molecule has 0 spiro atoms. The van der Waals surface area contributed by atoms with Gasteiger partial charge in [-0.1, -0.05) is 12.1 Å². The molecule has 1 aromatic carbocycles. The van der Waals surface area contributed by atoms with E-state index in [1.54, 1.807) is 24.7 Å². The van der Waals surface area contributed by atoms with Crippen LogP contribution >= 0.6 is 0 Å². The highest BCUT2D eigenvalue weighted by atomic mass is 16.5. The standard InChI is InChI=1S/C16H16N4O3/c1-3-23-16(21)18-14-10-20-15(17-14)8-7-13(19-20)11-5-4-6-12(9-11)22-2/h4-10H,3H2,1-2H3,(H,18,21). The molecule has 0 aliphatic carbocycles. The molecule has 23 heavy (non-hydrogen) atoms. The predicted molar refractivity (Wildman–Crippen MR) is 85.6 cm³/mol. The third kappa shape index (κ3) is 3.23. The number of benzene rings is 1. The molecule has 0 aliphatic rings. The molecule has 2 aromatic heterocycles. The zero-order chi connectivity index (χ0) is 16.2. The zero-order valence-corrected chi connectivity index (χ0v) is 12.8. The number of hydrogen-bond acceptors (Lipinski definition) is 5. The Morgan fingerprint density at radius 3 is 2.96 bits per heavy atom. The van der Waals surface area contributed by atoms with Crippen molar-refractivity contribution in [1.82, 2.24) is 14.6 Å². The van der Waals surface area contributed by atoms with E-state index < -0.39 is 6.09 Å². The van der Waals surface area contributed by atoms with Crippen molar-refractivity contribution >= 4 is 17.6 Å². The van der Waals surface area contributed by atoms with Gasteiger partial charge in [-0.3, -0.25) is 5.32 Å². The van der Waals surface area contributed by atoms with Gasteiger partial charge in [-0.15, -0.1) is 0 Å². The van der Waals surface area contributed by atoms with E-state index in [-0.39, 0.29) is 0 Å². The lowest BCUT2D eigenvalue weighted by molar-refractivity contribution is 0.168. The van der Waals surface area contributed by atoms with E-state index in [0.717, 1.165) is 17.0 Å². The molecule has 0 aliphatic heterocycles. The molecule has 1 amide bonds. The maximum atomic E-state index is 11.4. The van der Waals surface area contributed by atoms with Gasteiger partial charge in [-0.2, -0.15) is 5.10 Å². The van der Waals surface area contributed by atoms with E-state index in [0.29, 0.717) is 18.1 Å². The molecule has 0 fully saturated rings. The monoisotopic (exact) mass is 312 g/mol. The number of aromatic nitrogens is 3. The number of imidazole rings is 1. The van der Waals surface area contributed by atoms with E-state index in [4.69, 9.17) is 9.47 Å². The van der Waals surface area contributed by atoms with Crippen molar-refractivity contribution in [3.63, 3.8) is 0 Å². The fraction of sp³-hybridized carbons (Fsp3) is 0.188. The summed E-state index contributed by atoms with van der Waals surface area (Å²) >= 11 is 0. The fourth-order valence-electron chi connectivity index (χ4n) is 2.15. The van der Waals surface area contributed by atoms with E-state index >= 15 is 0 Å². The summed E-state index contributed by atoms with van der Waals surface area (Å²) in [4.78, 5) is 15.7. The van der Waals surface area contributed by atoms with Crippen molar-refractivity contribution in [2.75, 3.05) is 19.0 Å². The Labute approximate surface area is 132 Å². The topological polar surface area (TPSA) is 77.8 Å². The van der Waals surface area contributed by atoms with Gasteiger partial charge in [0, 0.05) is 5.56 Å². The molecular formula is C16H16N4O3. The van der Waals surface area contributed by atoms with Crippen LogP contribution in [0.2, 0.25) is 0 Å². The van der Waals surface area contributed by atoms with Gasteiger partial charge in [0.2, 0.25) is 0 Å². The maximum Gasteiger partial charge on any atom is 0.412 e. The average Bonchev–Trinajstić information content (AvgIpc) is 2.96. The van der Waals surface area contributed by atoms with Gasteiger partial charge in [0.1, 0.15) is 5.75 Å². The highest BCUT2D eigenvalue weighted by molar-refractivity contribution is 5.83. The molecule has 0 bridgehead atoms. The zero-order valence-electron chi connectivity index (χ0n) is 12.8. The highest BCUT2D eigenvalue weighted by Gasteiger charge is 2.09. The second kappa shape index (κ2) is 6.35. The number of hydrogen-bond donors (Lipinski definition) is 1. The number of carbonyl (C=O) groups excluding carboxylic acids is 1. The lowest BCUT2D eigenvalue weighted by atomic mass is 10.1. The smallest absolute Gasteiger partial charge is 0.412 e. The first-order valence-electron chi connectivity index (χ1n) is 7.14. The van der Waals surface area contributed by atoms with E-state index in [1.165, 1.54) is 0 Å². The predicted octanol–water partition coefficient (Wildman–Crippen LogP) is 2.97. The Hall–Kier alpha value is -3.09. The third-order valence-electron chi connectivity index (χ3n) is 3.19. The molecule has 3 rings (SSSR count). The Kier molecular flexibility index (Phi) is 4.09. The summed E-state index contributed by atoms with van der Waals surface area (Å²) in [5.41, 5.74) is 2.33. The number of nitrogens with zero attached hydrogens (tertiary/aromatic N) is 3. The second-order valence-corrected chi connectivity index (χ2v) is 4.72.